The van der Waals surface area contributed by atoms with Crippen LogP contribution in [0.25, 0.3) is 0 Å². The normalized spacial score (nSPS) is 22.8. The van der Waals surface area contributed by atoms with E-state index < -0.39 is 5.97 Å². The molecule has 1 aromatic rings. The van der Waals surface area contributed by atoms with Gasteiger partial charge >= 0.3 is 5.97 Å². The van der Waals surface area contributed by atoms with Crippen LogP contribution in [0, 0.1) is 0 Å². The Balaban J connectivity index is 2.17. The molecule has 1 fully saturated rings. The number of aromatic carboxylic acids is 1. The molecule has 1 saturated carbocycles. The average Bonchev–Trinajstić information content (AvgIpc) is 2.41. The molecule has 5 nitrogen and oxygen atoms in total. The zero-order valence-corrected chi connectivity index (χ0v) is 11.0. The number of nitrogens with two attached hydrogens (primary N) is 1. The van der Waals surface area contributed by atoms with Crippen molar-refractivity contribution >= 4 is 5.97 Å². The lowest BCUT2D eigenvalue weighted by atomic mass is 9.93. The molecule has 104 valence electrons. The lowest BCUT2D eigenvalue weighted by molar-refractivity contribution is 0.0696. The maximum atomic E-state index is 10.9. The predicted octanol–water partition coefficient (Wildman–Crippen LogP) is 2.04. The number of carboxylic acids is 1. The van der Waals surface area contributed by atoms with Crippen LogP contribution in [0.15, 0.2) is 18.2 Å². The SMILES string of the molecule is COc1cc(C(=O)O)ccc1OC1CCCCC1N. The number of rotatable bonds is 4. The van der Waals surface area contributed by atoms with Crippen molar-refractivity contribution in [1.29, 1.82) is 0 Å². The molecular formula is C14H19NO4. The molecule has 3 N–H and O–H groups in total. The van der Waals surface area contributed by atoms with E-state index in [9.17, 15) is 4.79 Å². The fourth-order valence-electron chi connectivity index (χ4n) is 2.33. The van der Waals surface area contributed by atoms with Crippen molar-refractivity contribution in [3.05, 3.63) is 23.8 Å². The Hall–Kier alpha value is -1.75. The zero-order valence-electron chi connectivity index (χ0n) is 11.0. The van der Waals surface area contributed by atoms with Crippen LogP contribution < -0.4 is 15.2 Å². The Labute approximate surface area is 112 Å². The Morgan fingerprint density at radius 3 is 2.68 bits per heavy atom. The number of benzene rings is 1. The fraction of sp³-hybridized carbons (Fsp3) is 0.500. The van der Waals surface area contributed by atoms with E-state index in [1.54, 1.807) is 6.07 Å². The van der Waals surface area contributed by atoms with Crippen molar-refractivity contribution < 1.29 is 19.4 Å². The van der Waals surface area contributed by atoms with Gasteiger partial charge in [0.05, 0.1) is 12.7 Å². The van der Waals surface area contributed by atoms with E-state index in [1.807, 2.05) is 0 Å². The van der Waals surface area contributed by atoms with E-state index >= 15 is 0 Å². The molecule has 2 rings (SSSR count). The largest absolute Gasteiger partial charge is 0.493 e. The first-order valence-electron chi connectivity index (χ1n) is 6.45. The van der Waals surface area contributed by atoms with Crippen LogP contribution in [-0.4, -0.2) is 30.3 Å². The van der Waals surface area contributed by atoms with Gasteiger partial charge in [0.25, 0.3) is 0 Å². The summed E-state index contributed by atoms with van der Waals surface area (Å²) in [6.45, 7) is 0. The molecule has 2 unspecified atom stereocenters. The Kier molecular flexibility index (Phi) is 4.27. The molecule has 1 aliphatic carbocycles. The van der Waals surface area contributed by atoms with Gasteiger partial charge in [-0.2, -0.15) is 0 Å². The molecule has 1 aliphatic rings. The second kappa shape index (κ2) is 5.93. The lowest BCUT2D eigenvalue weighted by Crippen LogP contribution is -2.41. The van der Waals surface area contributed by atoms with Crippen LogP contribution in [0.3, 0.4) is 0 Å². The van der Waals surface area contributed by atoms with Crippen molar-refractivity contribution in [2.24, 2.45) is 5.73 Å². The molecule has 1 aromatic carbocycles. The van der Waals surface area contributed by atoms with E-state index in [-0.39, 0.29) is 17.7 Å². The van der Waals surface area contributed by atoms with E-state index in [0.717, 1.165) is 25.7 Å². The first kappa shape index (κ1) is 13.7. The molecule has 0 saturated heterocycles. The van der Waals surface area contributed by atoms with Gasteiger partial charge in [0.1, 0.15) is 6.10 Å². The van der Waals surface area contributed by atoms with Crippen LogP contribution in [0.2, 0.25) is 0 Å². The smallest absolute Gasteiger partial charge is 0.335 e. The number of ether oxygens (including phenoxy) is 2. The highest BCUT2D eigenvalue weighted by molar-refractivity contribution is 5.88. The Morgan fingerprint density at radius 2 is 2.05 bits per heavy atom. The van der Waals surface area contributed by atoms with Crippen LogP contribution in [0.1, 0.15) is 36.0 Å². The quantitative estimate of drug-likeness (QED) is 0.870. The van der Waals surface area contributed by atoms with Crippen molar-refractivity contribution in [3.63, 3.8) is 0 Å². The van der Waals surface area contributed by atoms with Gasteiger partial charge in [-0.05, 0) is 37.5 Å². The summed E-state index contributed by atoms with van der Waals surface area (Å²) in [6, 6.07) is 4.63. The maximum absolute atomic E-state index is 10.9. The third kappa shape index (κ3) is 3.17. The van der Waals surface area contributed by atoms with Crippen molar-refractivity contribution in [2.75, 3.05) is 7.11 Å². The highest BCUT2D eigenvalue weighted by Gasteiger charge is 2.24. The predicted molar refractivity (Wildman–Crippen MR) is 70.8 cm³/mol. The molecule has 0 aliphatic heterocycles. The standard InChI is InChI=1S/C14H19NO4/c1-18-13-8-9(14(16)17)6-7-12(13)19-11-5-3-2-4-10(11)15/h6-8,10-11H,2-5,15H2,1H3,(H,16,17). The summed E-state index contributed by atoms with van der Waals surface area (Å²) in [4.78, 5) is 10.9. The van der Waals surface area contributed by atoms with Gasteiger partial charge in [0.2, 0.25) is 0 Å². The van der Waals surface area contributed by atoms with Gasteiger partial charge in [-0.15, -0.1) is 0 Å². The number of carboxylic acid groups (broad SMARTS) is 1. The van der Waals surface area contributed by atoms with E-state index in [0.29, 0.717) is 11.5 Å². The number of hydrogen-bond acceptors (Lipinski definition) is 4. The molecule has 0 spiro atoms. The lowest BCUT2D eigenvalue weighted by Gasteiger charge is -2.29. The second-order valence-corrected chi connectivity index (χ2v) is 4.78. The van der Waals surface area contributed by atoms with Gasteiger partial charge in [-0.3, -0.25) is 0 Å². The maximum Gasteiger partial charge on any atom is 0.335 e. The van der Waals surface area contributed by atoms with Crippen LogP contribution >= 0.6 is 0 Å². The van der Waals surface area contributed by atoms with Crippen LogP contribution in [0.5, 0.6) is 11.5 Å². The molecule has 0 aromatic heterocycles. The minimum absolute atomic E-state index is 0.0256. The van der Waals surface area contributed by atoms with E-state index in [2.05, 4.69) is 0 Å². The average molecular weight is 265 g/mol. The molecule has 19 heavy (non-hydrogen) atoms. The molecule has 0 radical (unpaired) electrons. The van der Waals surface area contributed by atoms with Crippen molar-refractivity contribution in [2.45, 2.75) is 37.8 Å². The summed E-state index contributed by atoms with van der Waals surface area (Å²) in [5.74, 6) is -0.00765. The topological polar surface area (TPSA) is 81.8 Å². The summed E-state index contributed by atoms with van der Waals surface area (Å²) in [7, 11) is 1.49. The summed E-state index contributed by atoms with van der Waals surface area (Å²) in [5, 5.41) is 8.94. The Bertz CT molecular complexity index is 461. The Morgan fingerprint density at radius 1 is 1.32 bits per heavy atom. The monoisotopic (exact) mass is 265 g/mol. The van der Waals surface area contributed by atoms with E-state index in [4.69, 9.17) is 20.3 Å². The first-order valence-corrected chi connectivity index (χ1v) is 6.45. The molecule has 0 bridgehead atoms. The van der Waals surface area contributed by atoms with E-state index in [1.165, 1.54) is 19.2 Å². The summed E-state index contributed by atoms with van der Waals surface area (Å²) >= 11 is 0. The minimum atomic E-state index is -0.987. The van der Waals surface area contributed by atoms with Crippen molar-refractivity contribution in [1.82, 2.24) is 0 Å². The fourth-order valence-corrected chi connectivity index (χ4v) is 2.33. The van der Waals surface area contributed by atoms with Crippen LogP contribution in [-0.2, 0) is 0 Å². The second-order valence-electron chi connectivity index (χ2n) is 4.78. The molecular weight excluding hydrogens is 246 g/mol. The van der Waals surface area contributed by atoms with Gasteiger partial charge in [-0.1, -0.05) is 6.42 Å². The number of methoxy groups -OCH3 is 1. The summed E-state index contributed by atoms with van der Waals surface area (Å²) < 4.78 is 11.1. The third-order valence-electron chi connectivity index (χ3n) is 3.44. The zero-order chi connectivity index (χ0) is 13.8. The van der Waals surface area contributed by atoms with Crippen LogP contribution in [0.4, 0.5) is 0 Å². The van der Waals surface area contributed by atoms with Crippen molar-refractivity contribution in [3.8, 4) is 11.5 Å². The molecule has 2 atom stereocenters. The van der Waals surface area contributed by atoms with Gasteiger partial charge in [-0.25, -0.2) is 4.79 Å². The van der Waals surface area contributed by atoms with Gasteiger partial charge in [0, 0.05) is 6.04 Å². The van der Waals surface area contributed by atoms with Gasteiger partial charge < -0.3 is 20.3 Å². The molecule has 0 heterocycles. The highest BCUT2D eigenvalue weighted by Crippen LogP contribution is 2.31. The summed E-state index contributed by atoms with van der Waals surface area (Å²) in [6.07, 6.45) is 4.09. The number of carbonyl (C=O) groups is 1. The third-order valence-corrected chi connectivity index (χ3v) is 3.44. The first-order chi connectivity index (χ1) is 9.11. The molecule has 0 amide bonds. The molecule has 5 heteroatoms. The highest BCUT2D eigenvalue weighted by atomic mass is 16.5. The summed E-state index contributed by atoms with van der Waals surface area (Å²) in [5.41, 5.74) is 6.21. The number of hydrogen-bond donors (Lipinski definition) is 2. The van der Waals surface area contributed by atoms with Gasteiger partial charge in [0.15, 0.2) is 11.5 Å². The minimum Gasteiger partial charge on any atom is -0.493 e.